The number of piperidine rings is 1. The average molecular weight is 432 g/mol. The number of likely N-dealkylation sites (tertiary alicyclic amines) is 1. The number of nitrogens with zero attached hydrogens (tertiary/aromatic N) is 3. The van der Waals surface area contributed by atoms with Gasteiger partial charge in [-0.3, -0.25) is 14.7 Å². The minimum Gasteiger partial charge on any atom is -0.496 e. The Kier molecular flexibility index (Phi) is 7.25. The molecule has 1 aromatic heterocycles. The van der Waals surface area contributed by atoms with Crippen LogP contribution in [0.5, 0.6) is 5.75 Å². The van der Waals surface area contributed by atoms with Crippen molar-refractivity contribution < 1.29 is 14.3 Å². The van der Waals surface area contributed by atoms with E-state index in [4.69, 9.17) is 17.0 Å². The van der Waals surface area contributed by atoms with Crippen LogP contribution < -0.4 is 10.1 Å². The molecule has 1 saturated heterocycles. The number of rotatable bonds is 8. The zero-order valence-corrected chi connectivity index (χ0v) is 18.5. The molecule has 2 unspecified atom stereocenters. The quantitative estimate of drug-likeness (QED) is 0.627. The lowest BCUT2D eigenvalue weighted by molar-refractivity contribution is -0.143. The van der Waals surface area contributed by atoms with Gasteiger partial charge in [-0.15, -0.1) is 0 Å². The molecule has 0 radical (unpaired) electrons. The fourth-order valence-corrected chi connectivity index (χ4v) is 4.10. The van der Waals surface area contributed by atoms with Crippen LogP contribution in [0.4, 0.5) is 0 Å². The Balaban J connectivity index is 1.89. The number of methoxy groups -OCH3 is 1. The van der Waals surface area contributed by atoms with Crippen LogP contribution in [0.15, 0.2) is 24.3 Å². The lowest BCUT2D eigenvalue weighted by Crippen LogP contribution is -2.48. The average Bonchev–Trinajstić information content (AvgIpc) is 3.08. The highest BCUT2D eigenvalue weighted by Crippen LogP contribution is 2.40. The number of H-pyrrole nitrogens is 1. The maximum absolute atomic E-state index is 13.2. The van der Waals surface area contributed by atoms with E-state index >= 15 is 0 Å². The first-order valence-corrected chi connectivity index (χ1v) is 10.7. The highest BCUT2D eigenvalue weighted by atomic mass is 32.1. The summed E-state index contributed by atoms with van der Waals surface area (Å²) in [5.74, 6) is 0.942. The topological polar surface area (TPSA) is 92.3 Å². The Labute approximate surface area is 181 Å². The van der Waals surface area contributed by atoms with E-state index in [1.54, 1.807) is 18.7 Å². The largest absolute Gasteiger partial charge is 0.496 e. The number of ether oxygens (including phenoxy) is 1. The summed E-state index contributed by atoms with van der Waals surface area (Å²) in [5, 5.41) is 9.86. The number of aromatic amines is 1. The first-order valence-electron chi connectivity index (χ1n) is 10.3. The Hall–Kier alpha value is -2.68. The molecular formula is C21H29N5O3S. The van der Waals surface area contributed by atoms with Gasteiger partial charge in [-0.1, -0.05) is 31.5 Å². The lowest BCUT2D eigenvalue weighted by atomic mass is 9.83. The molecule has 1 aliphatic rings. The van der Waals surface area contributed by atoms with Gasteiger partial charge in [0.15, 0.2) is 10.6 Å². The minimum atomic E-state index is -0.372. The van der Waals surface area contributed by atoms with Gasteiger partial charge in [-0.25, -0.2) is 0 Å². The van der Waals surface area contributed by atoms with E-state index in [2.05, 4.69) is 22.4 Å². The predicted molar refractivity (Wildman–Crippen MR) is 115 cm³/mol. The monoisotopic (exact) mass is 431 g/mol. The summed E-state index contributed by atoms with van der Waals surface area (Å²) in [4.78, 5) is 27.9. The van der Waals surface area contributed by atoms with Crippen LogP contribution in [0.25, 0.3) is 0 Å². The number of aromatic nitrogens is 3. The summed E-state index contributed by atoms with van der Waals surface area (Å²) in [5.41, 5.74) is 0.863. The number of hydrogen-bond donors (Lipinski definition) is 2. The SMILES string of the molecule is CCCCN1C(=O)CCC(C(=O)NCc2n[nH]c(=S)n2C)C1c1ccccc1OC. The second-order valence-electron chi connectivity index (χ2n) is 7.49. The standard InChI is InChI=1S/C21H29N5O3S/c1-4-5-12-26-18(27)11-10-15(19(26)14-8-6-7-9-16(14)29-3)20(28)22-13-17-23-24-21(30)25(17)2/h6-9,15,19H,4-5,10-13H2,1-3H3,(H,22,28)(H,24,30). The summed E-state index contributed by atoms with van der Waals surface area (Å²) in [6.07, 6.45) is 2.71. The number of amides is 2. The van der Waals surface area contributed by atoms with Gasteiger partial charge in [0.2, 0.25) is 11.8 Å². The van der Waals surface area contributed by atoms with Gasteiger partial charge in [-0.2, -0.15) is 5.10 Å². The van der Waals surface area contributed by atoms with Gasteiger partial charge in [0.25, 0.3) is 0 Å². The number of benzene rings is 1. The lowest BCUT2D eigenvalue weighted by Gasteiger charge is -2.41. The fourth-order valence-electron chi connectivity index (χ4n) is 3.95. The van der Waals surface area contributed by atoms with Crippen molar-refractivity contribution in [1.82, 2.24) is 25.0 Å². The molecule has 2 heterocycles. The summed E-state index contributed by atoms with van der Waals surface area (Å²) in [6.45, 7) is 2.98. The molecule has 2 atom stereocenters. The van der Waals surface area contributed by atoms with E-state index in [-0.39, 0.29) is 30.3 Å². The molecule has 2 aromatic rings. The van der Waals surface area contributed by atoms with Gasteiger partial charge in [-0.05, 0) is 31.1 Å². The van der Waals surface area contributed by atoms with Gasteiger partial charge < -0.3 is 19.5 Å². The minimum absolute atomic E-state index is 0.0813. The van der Waals surface area contributed by atoms with Crippen LogP contribution >= 0.6 is 12.2 Å². The molecule has 2 amide bonds. The van der Waals surface area contributed by atoms with Crippen molar-refractivity contribution in [2.75, 3.05) is 13.7 Å². The Bertz CT molecular complexity index is 954. The molecule has 9 heteroatoms. The Morgan fingerprint density at radius 1 is 1.40 bits per heavy atom. The summed E-state index contributed by atoms with van der Waals surface area (Å²) >= 11 is 5.13. The number of nitrogens with one attached hydrogen (secondary N) is 2. The van der Waals surface area contributed by atoms with Crippen molar-refractivity contribution in [3.05, 3.63) is 40.4 Å². The van der Waals surface area contributed by atoms with Crippen LogP contribution in [0.1, 0.15) is 50.0 Å². The molecule has 30 heavy (non-hydrogen) atoms. The van der Waals surface area contributed by atoms with Crippen LogP contribution in [0, 0.1) is 10.7 Å². The molecule has 8 nitrogen and oxygen atoms in total. The Morgan fingerprint density at radius 3 is 2.83 bits per heavy atom. The maximum Gasteiger partial charge on any atom is 0.225 e. The Morgan fingerprint density at radius 2 is 2.17 bits per heavy atom. The number of unbranched alkanes of at least 4 members (excludes halogenated alkanes) is 1. The second-order valence-corrected chi connectivity index (χ2v) is 7.88. The highest BCUT2D eigenvalue weighted by Gasteiger charge is 2.41. The van der Waals surface area contributed by atoms with Crippen LogP contribution in [0.3, 0.4) is 0 Å². The van der Waals surface area contributed by atoms with E-state index in [0.29, 0.717) is 35.7 Å². The number of carbonyl (C=O) groups is 2. The third kappa shape index (κ3) is 4.56. The van der Waals surface area contributed by atoms with Crippen molar-refractivity contribution in [2.24, 2.45) is 13.0 Å². The smallest absolute Gasteiger partial charge is 0.225 e. The number of hydrogen-bond acceptors (Lipinski definition) is 5. The zero-order chi connectivity index (χ0) is 21.7. The van der Waals surface area contributed by atoms with Gasteiger partial charge in [0.05, 0.1) is 25.6 Å². The van der Waals surface area contributed by atoms with Crippen molar-refractivity contribution in [3.8, 4) is 5.75 Å². The van der Waals surface area contributed by atoms with E-state index in [9.17, 15) is 9.59 Å². The van der Waals surface area contributed by atoms with Crippen LogP contribution in [-0.2, 0) is 23.2 Å². The summed E-state index contributed by atoms with van der Waals surface area (Å²) < 4.78 is 7.79. The van der Waals surface area contributed by atoms with Gasteiger partial charge in [0.1, 0.15) is 5.75 Å². The van der Waals surface area contributed by atoms with Crippen LogP contribution in [-0.4, -0.2) is 45.1 Å². The summed E-state index contributed by atoms with van der Waals surface area (Å²) in [7, 11) is 3.41. The molecule has 0 bridgehead atoms. The molecule has 1 aliphatic heterocycles. The van der Waals surface area contributed by atoms with Crippen molar-refractivity contribution in [2.45, 2.75) is 45.2 Å². The van der Waals surface area contributed by atoms with Gasteiger partial charge in [0, 0.05) is 25.6 Å². The van der Waals surface area contributed by atoms with E-state index in [1.165, 1.54) is 0 Å². The molecule has 162 valence electrons. The molecule has 3 rings (SSSR count). The maximum atomic E-state index is 13.2. The number of carbonyl (C=O) groups excluding carboxylic acids is 2. The zero-order valence-electron chi connectivity index (χ0n) is 17.7. The molecule has 1 fully saturated rings. The van der Waals surface area contributed by atoms with Gasteiger partial charge >= 0.3 is 0 Å². The fraction of sp³-hybridized carbons (Fsp3) is 0.524. The number of para-hydroxylation sites is 1. The second kappa shape index (κ2) is 9.88. The van der Waals surface area contributed by atoms with Crippen molar-refractivity contribution >= 4 is 24.0 Å². The first-order chi connectivity index (χ1) is 14.5. The molecule has 0 saturated carbocycles. The predicted octanol–water partition coefficient (Wildman–Crippen LogP) is 2.88. The summed E-state index contributed by atoms with van der Waals surface area (Å²) in [6, 6.07) is 7.26. The molecule has 1 aromatic carbocycles. The molecule has 0 spiro atoms. The van der Waals surface area contributed by atoms with E-state index in [1.807, 2.05) is 29.2 Å². The third-order valence-corrected chi connectivity index (χ3v) is 6.01. The third-order valence-electron chi connectivity index (χ3n) is 5.65. The molecule has 2 N–H and O–H groups in total. The molecule has 0 aliphatic carbocycles. The normalized spacial score (nSPS) is 19.0. The van der Waals surface area contributed by atoms with Crippen LogP contribution in [0.2, 0.25) is 0 Å². The van der Waals surface area contributed by atoms with Crippen molar-refractivity contribution in [1.29, 1.82) is 0 Å². The van der Waals surface area contributed by atoms with Crippen molar-refractivity contribution in [3.63, 3.8) is 0 Å². The first kappa shape index (κ1) is 22.0. The van der Waals surface area contributed by atoms with E-state index < -0.39 is 0 Å². The van der Waals surface area contributed by atoms with E-state index in [0.717, 1.165) is 18.4 Å². The highest BCUT2D eigenvalue weighted by molar-refractivity contribution is 7.71. The molecular weight excluding hydrogens is 402 g/mol.